The molecule has 1 aliphatic heterocycles. The summed E-state index contributed by atoms with van der Waals surface area (Å²) in [6.07, 6.45) is -1.10. The molecule has 0 saturated carbocycles. The molecule has 2 N–H and O–H groups in total. The molecule has 3 rings (SSSR count). The number of carbonyl (C=O) groups is 1. The molecule has 0 fully saturated rings. The van der Waals surface area contributed by atoms with E-state index in [1.54, 1.807) is 24.3 Å². The highest BCUT2D eigenvalue weighted by atomic mass is 35.5. The molecule has 198 valence electrons. The second kappa shape index (κ2) is 13.0. The van der Waals surface area contributed by atoms with E-state index in [4.69, 9.17) is 37.8 Å². The molecule has 1 unspecified atom stereocenters. The Kier molecular flexibility index (Phi) is 10.4. The monoisotopic (exact) mass is 559 g/mol. The van der Waals surface area contributed by atoms with Gasteiger partial charge in [0, 0.05) is 49.2 Å². The SMILES string of the molecule is CN1Cc2c(Cl)cc(Cl)cc2C(c2cccc(S(=O)(=O)N(C)CCOCCOCCNC(=O)O)c2)C1. The lowest BCUT2D eigenvalue weighted by Crippen LogP contribution is -2.32. The van der Waals surface area contributed by atoms with Crippen molar-refractivity contribution in [2.45, 2.75) is 17.4 Å². The van der Waals surface area contributed by atoms with Crippen LogP contribution < -0.4 is 5.32 Å². The summed E-state index contributed by atoms with van der Waals surface area (Å²) >= 11 is 12.8. The first-order chi connectivity index (χ1) is 17.1. The molecule has 9 nitrogen and oxygen atoms in total. The Bertz CT molecular complexity index is 1160. The van der Waals surface area contributed by atoms with Crippen LogP contribution in [0.1, 0.15) is 22.6 Å². The highest BCUT2D eigenvalue weighted by Gasteiger charge is 2.28. The molecule has 0 bridgehead atoms. The molecule has 36 heavy (non-hydrogen) atoms. The van der Waals surface area contributed by atoms with Gasteiger partial charge in [-0.1, -0.05) is 35.3 Å². The zero-order chi connectivity index (χ0) is 26.3. The predicted molar refractivity (Wildman–Crippen MR) is 139 cm³/mol. The van der Waals surface area contributed by atoms with Crippen molar-refractivity contribution in [1.29, 1.82) is 0 Å². The van der Waals surface area contributed by atoms with Crippen LogP contribution >= 0.6 is 23.2 Å². The fourth-order valence-electron chi connectivity index (χ4n) is 4.07. The number of nitrogens with zero attached hydrogens (tertiary/aromatic N) is 2. The number of halogens is 2. The van der Waals surface area contributed by atoms with Crippen molar-refractivity contribution < 1.29 is 27.8 Å². The van der Waals surface area contributed by atoms with Gasteiger partial charge in [-0.15, -0.1) is 0 Å². The molecule has 1 atom stereocenters. The van der Waals surface area contributed by atoms with Gasteiger partial charge in [-0.2, -0.15) is 4.31 Å². The van der Waals surface area contributed by atoms with Crippen LogP contribution in [0.4, 0.5) is 4.79 Å². The van der Waals surface area contributed by atoms with Crippen LogP contribution in [0.5, 0.6) is 0 Å². The molecule has 0 saturated heterocycles. The minimum atomic E-state index is -3.73. The average molecular weight is 561 g/mol. The van der Waals surface area contributed by atoms with Crippen molar-refractivity contribution in [2.75, 3.05) is 60.2 Å². The van der Waals surface area contributed by atoms with Crippen molar-refractivity contribution in [2.24, 2.45) is 0 Å². The Morgan fingerprint density at radius 2 is 1.89 bits per heavy atom. The fraction of sp³-hybridized carbons (Fsp3) is 0.458. The van der Waals surface area contributed by atoms with Crippen molar-refractivity contribution in [3.05, 3.63) is 63.1 Å². The number of hydrogen-bond acceptors (Lipinski definition) is 6. The summed E-state index contributed by atoms with van der Waals surface area (Å²) in [4.78, 5) is 12.7. The van der Waals surface area contributed by atoms with E-state index in [9.17, 15) is 13.2 Å². The largest absolute Gasteiger partial charge is 0.465 e. The van der Waals surface area contributed by atoms with Crippen LogP contribution in [-0.4, -0.2) is 89.0 Å². The van der Waals surface area contributed by atoms with Gasteiger partial charge in [-0.05, 0) is 48.0 Å². The maximum atomic E-state index is 13.2. The number of rotatable bonds is 12. The molecule has 1 amide bonds. The fourth-order valence-corrected chi connectivity index (χ4v) is 5.85. The topological polar surface area (TPSA) is 108 Å². The predicted octanol–water partition coefficient (Wildman–Crippen LogP) is 3.49. The molecule has 0 aliphatic carbocycles. The Hall–Kier alpha value is -1.92. The van der Waals surface area contributed by atoms with Crippen LogP contribution in [0.25, 0.3) is 0 Å². The molecule has 0 aromatic heterocycles. The molecule has 2 aromatic rings. The Labute approximate surface area is 221 Å². The first kappa shape index (κ1) is 28.6. The van der Waals surface area contributed by atoms with Gasteiger partial charge < -0.3 is 24.8 Å². The second-order valence-corrected chi connectivity index (χ2v) is 11.4. The van der Waals surface area contributed by atoms with Crippen LogP contribution in [0.3, 0.4) is 0 Å². The number of carboxylic acid groups (broad SMARTS) is 1. The van der Waals surface area contributed by atoms with Gasteiger partial charge in [0.2, 0.25) is 10.0 Å². The van der Waals surface area contributed by atoms with E-state index < -0.39 is 16.1 Å². The first-order valence-electron chi connectivity index (χ1n) is 11.4. The third-order valence-electron chi connectivity index (χ3n) is 5.91. The lowest BCUT2D eigenvalue weighted by atomic mass is 9.85. The van der Waals surface area contributed by atoms with Gasteiger partial charge in [0.15, 0.2) is 0 Å². The van der Waals surface area contributed by atoms with Crippen molar-refractivity contribution >= 4 is 39.3 Å². The van der Waals surface area contributed by atoms with E-state index in [0.29, 0.717) is 23.1 Å². The third kappa shape index (κ3) is 7.55. The van der Waals surface area contributed by atoms with Crippen LogP contribution in [-0.2, 0) is 26.0 Å². The van der Waals surface area contributed by atoms with Gasteiger partial charge >= 0.3 is 6.09 Å². The van der Waals surface area contributed by atoms with Crippen molar-refractivity contribution in [1.82, 2.24) is 14.5 Å². The number of sulfonamides is 1. The molecule has 1 heterocycles. The van der Waals surface area contributed by atoms with Crippen molar-refractivity contribution in [3.8, 4) is 0 Å². The molecule has 0 radical (unpaired) electrons. The summed E-state index contributed by atoms with van der Waals surface area (Å²) in [5, 5.41) is 11.8. The highest BCUT2D eigenvalue weighted by Crippen LogP contribution is 2.38. The van der Waals surface area contributed by atoms with E-state index in [-0.39, 0.29) is 50.3 Å². The van der Waals surface area contributed by atoms with E-state index in [0.717, 1.165) is 16.7 Å². The van der Waals surface area contributed by atoms with Crippen molar-refractivity contribution in [3.63, 3.8) is 0 Å². The maximum absolute atomic E-state index is 13.2. The van der Waals surface area contributed by atoms with E-state index >= 15 is 0 Å². The number of ether oxygens (including phenoxy) is 2. The summed E-state index contributed by atoms with van der Waals surface area (Å²) in [5.41, 5.74) is 2.90. The second-order valence-electron chi connectivity index (χ2n) is 8.56. The molecular formula is C24H31Cl2N3O6S. The number of fused-ring (bicyclic) bond motifs is 1. The smallest absolute Gasteiger partial charge is 0.404 e. The van der Waals surface area contributed by atoms with Gasteiger partial charge in [-0.3, -0.25) is 0 Å². The molecule has 1 aliphatic rings. The Morgan fingerprint density at radius 1 is 1.17 bits per heavy atom. The Morgan fingerprint density at radius 3 is 2.61 bits per heavy atom. The normalized spacial score (nSPS) is 16.2. The summed E-state index contributed by atoms with van der Waals surface area (Å²) < 4.78 is 38.4. The minimum absolute atomic E-state index is 0.0653. The summed E-state index contributed by atoms with van der Waals surface area (Å²) in [6.45, 7) is 2.77. The van der Waals surface area contributed by atoms with Gasteiger partial charge in [0.1, 0.15) is 0 Å². The lowest BCUT2D eigenvalue weighted by molar-refractivity contribution is 0.0466. The molecular weight excluding hydrogens is 529 g/mol. The van der Waals surface area contributed by atoms with Crippen LogP contribution in [0.2, 0.25) is 10.0 Å². The minimum Gasteiger partial charge on any atom is -0.465 e. The average Bonchev–Trinajstić information content (AvgIpc) is 2.82. The molecule has 12 heteroatoms. The molecule has 0 spiro atoms. The zero-order valence-corrected chi connectivity index (χ0v) is 22.6. The number of nitrogens with one attached hydrogen (secondary N) is 1. The number of likely N-dealkylation sites (N-methyl/N-ethyl adjacent to an activating group) is 2. The maximum Gasteiger partial charge on any atom is 0.404 e. The van der Waals surface area contributed by atoms with Gasteiger partial charge in [0.05, 0.1) is 31.3 Å². The molecule has 2 aromatic carbocycles. The zero-order valence-electron chi connectivity index (χ0n) is 20.2. The van der Waals surface area contributed by atoms with E-state index in [1.807, 2.05) is 19.2 Å². The number of amides is 1. The van der Waals surface area contributed by atoms with Gasteiger partial charge in [0.25, 0.3) is 0 Å². The third-order valence-corrected chi connectivity index (χ3v) is 8.31. The lowest BCUT2D eigenvalue weighted by Gasteiger charge is -2.33. The quantitative estimate of drug-likeness (QED) is 0.383. The van der Waals surface area contributed by atoms with E-state index in [2.05, 4.69) is 10.2 Å². The summed E-state index contributed by atoms with van der Waals surface area (Å²) in [6, 6.07) is 10.6. The Balaban J connectivity index is 1.61. The summed E-state index contributed by atoms with van der Waals surface area (Å²) in [7, 11) is -0.204. The highest BCUT2D eigenvalue weighted by molar-refractivity contribution is 7.89. The van der Waals surface area contributed by atoms with Gasteiger partial charge in [-0.25, -0.2) is 13.2 Å². The summed E-state index contributed by atoms with van der Waals surface area (Å²) in [5.74, 6) is -0.0653. The number of benzene rings is 2. The van der Waals surface area contributed by atoms with E-state index in [1.165, 1.54) is 11.4 Å². The van der Waals surface area contributed by atoms with Crippen LogP contribution in [0, 0.1) is 0 Å². The number of hydrogen-bond donors (Lipinski definition) is 2. The van der Waals surface area contributed by atoms with Crippen LogP contribution in [0.15, 0.2) is 41.3 Å². The first-order valence-corrected chi connectivity index (χ1v) is 13.6. The standard InChI is InChI=1S/C24H31Cl2N3O6S/c1-28-15-21(20-13-18(25)14-23(26)22(20)16-28)17-4-3-5-19(12-17)36(32,33)29(2)7-9-35-11-10-34-8-6-27-24(30)31/h3-5,12-14,21,27H,6-11,15-16H2,1-2H3,(H,30,31).